The average molecular weight is 180 g/mol. The summed E-state index contributed by atoms with van der Waals surface area (Å²) in [6.07, 6.45) is 5.43. The Bertz CT molecular complexity index is 241. The largest absolute Gasteiger partial charge is 0.336 e. The van der Waals surface area contributed by atoms with Gasteiger partial charge in [-0.05, 0) is 31.1 Å². The van der Waals surface area contributed by atoms with Crippen LogP contribution >= 0.6 is 0 Å². The van der Waals surface area contributed by atoms with Gasteiger partial charge in [0.1, 0.15) is 0 Å². The Hall–Kier alpha value is -0.730. The second kappa shape index (κ2) is 2.63. The third-order valence-corrected chi connectivity index (χ3v) is 3.99. The maximum absolute atomic E-state index is 11.5. The van der Waals surface area contributed by atoms with Crippen molar-refractivity contribution in [2.45, 2.75) is 31.7 Å². The van der Waals surface area contributed by atoms with E-state index in [1.807, 2.05) is 0 Å². The zero-order valence-corrected chi connectivity index (χ0v) is 7.83. The van der Waals surface area contributed by atoms with Gasteiger partial charge >= 0.3 is 6.03 Å². The van der Waals surface area contributed by atoms with E-state index in [1.165, 1.54) is 25.7 Å². The van der Waals surface area contributed by atoms with E-state index in [0.29, 0.717) is 6.04 Å². The summed E-state index contributed by atoms with van der Waals surface area (Å²) < 4.78 is 0. The van der Waals surface area contributed by atoms with Gasteiger partial charge in [0.05, 0.1) is 0 Å². The second-order valence-corrected chi connectivity index (χ2v) is 4.67. The van der Waals surface area contributed by atoms with Crippen molar-refractivity contribution in [3.63, 3.8) is 0 Å². The standard InChI is InChI=1S/C10H16N2O/c13-10-11-3-4-12(10)9-6-7-1-2-8(9)5-7/h7-9H,1-6H2,(H,11,13)/t7-,8+,9+/m0/s1. The van der Waals surface area contributed by atoms with Crippen LogP contribution in [-0.4, -0.2) is 30.1 Å². The zero-order valence-electron chi connectivity index (χ0n) is 7.83. The maximum Gasteiger partial charge on any atom is 0.317 e. The monoisotopic (exact) mass is 180 g/mol. The van der Waals surface area contributed by atoms with E-state index < -0.39 is 0 Å². The Labute approximate surface area is 78.5 Å². The number of rotatable bonds is 1. The molecule has 0 aromatic heterocycles. The molecule has 3 nitrogen and oxygen atoms in total. The van der Waals surface area contributed by atoms with Crippen molar-refractivity contribution in [2.75, 3.05) is 13.1 Å². The molecular weight excluding hydrogens is 164 g/mol. The van der Waals surface area contributed by atoms with Crippen LogP contribution in [0, 0.1) is 11.8 Å². The molecule has 2 amide bonds. The van der Waals surface area contributed by atoms with Crippen LogP contribution in [0.15, 0.2) is 0 Å². The molecule has 3 heteroatoms. The lowest BCUT2D eigenvalue weighted by molar-refractivity contribution is 0.171. The van der Waals surface area contributed by atoms with Crippen molar-refractivity contribution in [1.29, 1.82) is 0 Å². The van der Waals surface area contributed by atoms with E-state index in [9.17, 15) is 4.79 Å². The minimum absolute atomic E-state index is 0.178. The van der Waals surface area contributed by atoms with Gasteiger partial charge in [-0.2, -0.15) is 0 Å². The number of nitrogens with one attached hydrogen (secondary N) is 1. The number of carbonyl (C=O) groups is 1. The van der Waals surface area contributed by atoms with Gasteiger partial charge in [0, 0.05) is 19.1 Å². The molecule has 0 unspecified atom stereocenters. The van der Waals surface area contributed by atoms with Crippen molar-refractivity contribution in [2.24, 2.45) is 11.8 Å². The van der Waals surface area contributed by atoms with Crippen LogP contribution < -0.4 is 5.32 Å². The number of fused-ring (bicyclic) bond motifs is 2. The number of amides is 2. The van der Waals surface area contributed by atoms with Gasteiger partial charge in [0.25, 0.3) is 0 Å². The van der Waals surface area contributed by atoms with E-state index in [4.69, 9.17) is 0 Å². The molecular formula is C10H16N2O. The molecule has 13 heavy (non-hydrogen) atoms. The summed E-state index contributed by atoms with van der Waals surface area (Å²) in [4.78, 5) is 13.5. The van der Waals surface area contributed by atoms with Gasteiger partial charge in [0.2, 0.25) is 0 Å². The first-order chi connectivity index (χ1) is 6.34. The summed E-state index contributed by atoms with van der Waals surface area (Å²) in [6, 6.07) is 0.763. The Kier molecular flexibility index (Phi) is 1.55. The quantitative estimate of drug-likeness (QED) is 0.646. The molecule has 1 aliphatic heterocycles. The molecule has 1 heterocycles. The Balaban J connectivity index is 1.75. The first-order valence-corrected chi connectivity index (χ1v) is 5.39. The molecule has 0 aromatic rings. The van der Waals surface area contributed by atoms with Crippen molar-refractivity contribution in [1.82, 2.24) is 10.2 Å². The van der Waals surface area contributed by atoms with Crippen molar-refractivity contribution in [3.05, 3.63) is 0 Å². The zero-order chi connectivity index (χ0) is 8.84. The molecule has 0 aromatic carbocycles. The normalized spacial score (nSPS) is 42.9. The molecule has 0 radical (unpaired) electrons. The van der Waals surface area contributed by atoms with E-state index >= 15 is 0 Å². The summed E-state index contributed by atoms with van der Waals surface area (Å²) in [5.74, 6) is 1.76. The van der Waals surface area contributed by atoms with E-state index in [1.54, 1.807) is 0 Å². The van der Waals surface area contributed by atoms with E-state index in [0.717, 1.165) is 24.9 Å². The number of urea groups is 1. The molecule has 3 aliphatic rings. The molecule has 72 valence electrons. The van der Waals surface area contributed by atoms with Crippen LogP contribution in [0.4, 0.5) is 4.79 Å². The molecule has 2 saturated carbocycles. The Morgan fingerprint density at radius 2 is 2.23 bits per heavy atom. The first kappa shape index (κ1) is 7.65. The fourth-order valence-corrected chi connectivity index (χ4v) is 3.40. The molecule has 2 aliphatic carbocycles. The van der Waals surface area contributed by atoms with Gasteiger partial charge in [-0.1, -0.05) is 6.42 Å². The summed E-state index contributed by atoms with van der Waals surface area (Å²) >= 11 is 0. The third-order valence-electron chi connectivity index (χ3n) is 3.99. The van der Waals surface area contributed by atoms with Crippen LogP contribution in [0.3, 0.4) is 0 Å². The topological polar surface area (TPSA) is 32.3 Å². The van der Waals surface area contributed by atoms with Crippen LogP contribution in [-0.2, 0) is 0 Å². The Morgan fingerprint density at radius 1 is 1.31 bits per heavy atom. The number of hydrogen-bond donors (Lipinski definition) is 1. The molecule has 3 rings (SSSR count). The van der Waals surface area contributed by atoms with Crippen molar-refractivity contribution >= 4 is 6.03 Å². The van der Waals surface area contributed by atoms with Gasteiger partial charge in [-0.25, -0.2) is 4.79 Å². The highest BCUT2D eigenvalue weighted by molar-refractivity contribution is 5.76. The summed E-state index contributed by atoms with van der Waals surface area (Å²) in [6.45, 7) is 1.79. The van der Waals surface area contributed by atoms with Crippen LogP contribution in [0.25, 0.3) is 0 Å². The van der Waals surface area contributed by atoms with Crippen LogP contribution in [0.2, 0.25) is 0 Å². The maximum atomic E-state index is 11.5. The predicted octanol–water partition coefficient (Wildman–Crippen LogP) is 1.20. The number of hydrogen-bond acceptors (Lipinski definition) is 1. The third kappa shape index (κ3) is 1.06. The SMILES string of the molecule is O=C1NCCN1[C@@H]1C[C@H]2CC[C@@H]1C2. The van der Waals surface area contributed by atoms with E-state index in [-0.39, 0.29) is 6.03 Å². The first-order valence-electron chi connectivity index (χ1n) is 5.39. The fraction of sp³-hybridized carbons (Fsp3) is 0.900. The highest BCUT2D eigenvalue weighted by Gasteiger charge is 2.44. The molecule has 2 bridgehead atoms. The second-order valence-electron chi connectivity index (χ2n) is 4.67. The minimum atomic E-state index is 0.178. The van der Waals surface area contributed by atoms with Gasteiger partial charge < -0.3 is 10.2 Å². The lowest BCUT2D eigenvalue weighted by atomic mass is 9.94. The molecule has 1 saturated heterocycles. The number of nitrogens with zero attached hydrogens (tertiary/aromatic N) is 1. The van der Waals surface area contributed by atoms with Gasteiger partial charge in [-0.3, -0.25) is 0 Å². The lowest BCUT2D eigenvalue weighted by Crippen LogP contribution is -2.41. The van der Waals surface area contributed by atoms with Gasteiger partial charge in [0.15, 0.2) is 0 Å². The van der Waals surface area contributed by atoms with Crippen molar-refractivity contribution < 1.29 is 4.79 Å². The smallest absolute Gasteiger partial charge is 0.317 e. The van der Waals surface area contributed by atoms with Crippen LogP contribution in [0.1, 0.15) is 25.7 Å². The summed E-state index contributed by atoms with van der Waals surface area (Å²) in [5.41, 5.74) is 0. The Morgan fingerprint density at radius 3 is 2.77 bits per heavy atom. The highest BCUT2D eigenvalue weighted by Crippen LogP contribution is 2.46. The fourth-order valence-electron chi connectivity index (χ4n) is 3.40. The molecule has 3 fully saturated rings. The minimum Gasteiger partial charge on any atom is -0.336 e. The average Bonchev–Trinajstić information content (AvgIpc) is 2.77. The molecule has 0 spiro atoms. The lowest BCUT2D eigenvalue weighted by Gasteiger charge is -2.30. The van der Waals surface area contributed by atoms with E-state index in [2.05, 4.69) is 10.2 Å². The van der Waals surface area contributed by atoms with Crippen molar-refractivity contribution in [3.8, 4) is 0 Å². The number of carbonyl (C=O) groups excluding carboxylic acids is 1. The molecule has 1 N–H and O–H groups in total. The van der Waals surface area contributed by atoms with Gasteiger partial charge in [-0.15, -0.1) is 0 Å². The summed E-state index contributed by atoms with van der Waals surface area (Å²) in [5, 5.41) is 2.89. The van der Waals surface area contributed by atoms with Crippen LogP contribution in [0.5, 0.6) is 0 Å². The highest BCUT2D eigenvalue weighted by atomic mass is 16.2. The summed E-state index contributed by atoms with van der Waals surface area (Å²) in [7, 11) is 0. The predicted molar refractivity (Wildman–Crippen MR) is 49.3 cm³/mol. The molecule has 3 atom stereocenters.